The van der Waals surface area contributed by atoms with Crippen LogP contribution < -0.4 is 5.32 Å². The van der Waals surface area contributed by atoms with Crippen molar-refractivity contribution in [2.45, 2.75) is 30.8 Å². The summed E-state index contributed by atoms with van der Waals surface area (Å²) in [7, 11) is 0. The lowest BCUT2D eigenvalue weighted by atomic mass is 10.1. The number of hydrogen-bond acceptors (Lipinski definition) is 6. The molecule has 2 fully saturated rings. The van der Waals surface area contributed by atoms with Gasteiger partial charge in [0.1, 0.15) is 23.9 Å². The Kier molecular flexibility index (Phi) is 4.41. The fourth-order valence-electron chi connectivity index (χ4n) is 3.80. The highest BCUT2D eigenvalue weighted by Crippen LogP contribution is 2.34. The van der Waals surface area contributed by atoms with Crippen LogP contribution in [-0.4, -0.2) is 51.4 Å². The lowest BCUT2D eigenvalue weighted by molar-refractivity contribution is 0.0620. The molecular formula is C20H21N5O2. The van der Waals surface area contributed by atoms with Crippen molar-refractivity contribution >= 4 is 0 Å². The van der Waals surface area contributed by atoms with E-state index in [0.29, 0.717) is 13.2 Å². The van der Waals surface area contributed by atoms with E-state index in [-0.39, 0.29) is 24.3 Å². The Hall–Kier alpha value is -2.61. The van der Waals surface area contributed by atoms with Crippen molar-refractivity contribution in [2.24, 2.45) is 0 Å². The highest BCUT2D eigenvalue weighted by atomic mass is 16.6. The largest absolute Gasteiger partial charge is 0.371 e. The number of benzene rings is 1. The minimum atomic E-state index is -0.0171. The molecule has 2 aliphatic rings. The van der Waals surface area contributed by atoms with Gasteiger partial charge in [-0.05, 0) is 17.7 Å². The molecule has 7 nitrogen and oxygen atoms in total. The zero-order chi connectivity index (χ0) is 18.1. The van der Waals surface area contributed by atoms with E-state index in [1.165, 1.54) is 5.56 Å². The number of nitrogens with one attached hydrogen (secondary N) is 1. The van der Waals surface area contributed by atoms with E-state index in [1.54, 1.807) is 6.20 Å². The summed E-state index contributed by atoms with van der Waals surface area (Å²) in [5.41, 5.74) is 2.83. The van der Waals surface area contributed by atoms with Crippen LogP contribution in [0.5, 0.6) is 0 Å². The first-order chi connectivity index (χ1) is 13.4. The fraction of sp³-hybridized carbons (Fsp3) is 0.350. The van der Waals surface area contributed by atoms with E-state index in [0.717, 1.165) is 17.9 Å². The first-order valence-electron chi connectivity index (χ1n) is 9.22. The average Bonchev–Trinajstić information content (AvgIpc) is 3.44. The minimum Gasteiger partial charge on any atom is -0.371 e. The molecule has 0 spiro atoms. The van der Waals surface area contributed by atoms with Gasteiger partial charge in [0, 0.05) is 12.7 Å². The van der Waals surface area contributed by atoms with Gasteiger partial charge >= 0.3 is 0 Å². The number of pyridine rings is 1. The Balaban J connectivity index is 1.26. The molecule has 2 aliphatic heterocycles. The van der Waals surface area contributed by atoms with E-state index < -0.39 is 0 Å². The molecular weight excluding hydrogens is 342 g/mol. The van der Waals surface area contributed by atoms with Crippen molar-refractivity contribution in [1.82, 2.24) is 25.3 Å². The zero-order valence-corrected chi connectivity index (χ0v) is 14.8. The molecule has 1 aromatic carbocycles. The van der Waals surface area contributed by atoms with Crippen LogP contribution in [0, 0.1) is 0 Å². The van der Waals surface area contributed by atoms with Gasteiger partial charge in [-0.2, -0.15) is 0 Å². The topological polar surface area (TPSA) is 74.1 Å². The van der Waals surface area contributed by atoms with Gasteiger partial charge in [-0.1, -0.05) is 41.6 Å². The second-order valence-corrected chi connectivity index (χ2v) is 6.94. The van der Waals surface area contributed by atoms with Gasteiger partial charge in [-0.25, -0.2) is 4.68 Å². The highest BCUT2D eigenvalue weighted by molar-refractivity contribution is 5.51. The van der Waals surface area contributed by atoms with Crippen molar-refractivity contribution in [3.05, 3.63) is 66.5 Å². The number of nitrogens with zero attached hydrogens (tertiary/aromatic N) is 4. The molecule has 2 aromatic heterocycles. The van der Waals surface area contributed by atoms with E-state index in [9.17, 15) is 0 Å². The second kappa shape index (κ2) is 7.19. The Morgan fingerprint density at radius 1 is 0.963 bits per heavy atom. The molecule has 0 unspecified atom stereocenters. The number of rotatable bonds is 5. The fourth-order valence-corrected chi connectivity index (χ4v) is 3.80. The molecule has 5 rings (SSSR count). The van der Waals surface area contributed by atoms with Gasteiger partial charge in [0.2, 0.25) is 0 Å². The molecule has 4 atom stereocenters. The molecule has 1 N–H and O–H groups in total. The van der Waals surface area contributed by atoms with Crippen molar-refractivity contribution in [1.29, 1.82) is 0 Å². The molecule has 4 heterocycles. The zero-order valence-electron chi connectivity index (χ0n) is 14.8. The highest BCUT2D eigenvalue weighted by Gasteiger charge is 2.48. The van der Waals surface area contributed by atoms with Gasteiger partial charge in [0.05, 0.1) is 31.1 Å². The summed E-state index contributed by atoms with van der Waals surface area (Å²) in [6.07, 6.45) is 3.69. The summed E-state index contributed by atoms with van der Waals surface area (Å²) in [6.45, 7) is 2.02. The van der Waals surface area contributed by atoms with Crippen molar-refractivity contribution < 1.29 is 9.47 Å². The van der Waals surface area contributed by atoms with Crippen molar-refractivity contribution in [3.8, 4) is 11.4 Å². The van der Waals surface area contributed by atoms with Crippen LogP contribution in [-0.2, 0) is 16.0 Å². The third kappa shape index (κ3) is 3.25. The maximum Gasteiger partial charge on any atom is 0.131 e. The van der Waals surface area contributed by atoms with Crippen LogP contribution in [0.4, 0.5) is 0 Å². The number of hydrogen-bond donors (Lipinski definition) is 1. The number of aromatic nitrogens is 4. The molecule has 2 saturated heterocycles. The Bertz CT molecular complexity index is 886. The van der Waals surface area contributed by atoms with E-state index in [2.05, 4.69) is 44.9 Å². The molecule has 7 heteroatoms. The Morgan fingerprint density at radius 2 is 1.81 bits per heavy atom. The average molecular weight is 363 g/mol. The number of ether oxygens (including phenoxy) is 2. The van der Waals surface area contributed by atoms with Gasteiger partial charge in [-0.15, -0.1) is 5.10 Å². The van der Waals surface area contributed by atoms with Crippen LogP contribution >= 0.6 is 0 Å². The van der Waals surface area contributed by atoms with Crippen LogP contribution in [0.25, 0.3) is 11.4 Å². The second-order valence-electron chi connectivity index (χ2n) is 6.94. The molecule has 0 aliphatic carbocycles. The molecule has 0 radical (unpaired) electrons. The number of fused-ring (bicyclic) bond motifs is 1. The molecule has 0 amide bonds. The predicted molar refractivity (Wildman–Crippen MR) is 98.8 cm³/mol. The maximum absolute atomic E-state index is 6.07. The van der Waals surface area contributed by atoms with Crippen molar-refractivity contribution in [2.75, 3.05) is 13.2 Å². The Morgan fingerprint density at radius 3 is 2.67 bits per heavy atom. The molecule has 0 saturated carbocycles. The van der Waals surface area contributed by atoms with Crippen LogP contribution in [0.2, 0.25) is 0 Å². The third-order valence-corrected chi connectivity index (χ3v) is 5.22. The van der Waals surface area contributed by atoms with Crippen LogP contribution in [0.1, 0.15) is 11.6 Å². The SMILES string of the molecule is c1ccc(CN[C@@H]2CO[C@@H]3[C@@H]2OC[C@@H]3n2cc(-c3ccccn3)nn2)cc1. The first kappa shape index (κ1) is 16.6. The van der Waals surface area contributed by atoms with Gasteiger partial charge in [-0.3, -0.25) is 4.98 Å². The molecule has 27 heavy (non-hydrogen) atoms. The normalized spacial score (nSPS) is 27.0. The Labute approximate surface area is 157 Å². The first-order valence-corrected chi connectivity index (χ1v) is 9.22. The van der Waals surface area contributed by atoms with Crippen LogP contribution in [0.3, 0.4) is 0 Å². The van der Waals surface area contributed by atoms with Gasteiger partial charge in [0.15, 0.2) is 0 Å². The lowest BCUT2D eigenvalue weighted by Gasteiger charge is -2.17. The standard InChI is InChI=1S/C20H21N5O2/c1-2-6-14(7-3-1)10-22-17-12-26-20-18(13-27-19(17)20)25-11-16(23-24-25)15-8-4-5-9-21-15/h1-9,11,17-20,22H,10,12-13H2/t17-,18+,19-,20+/m1/s1. The van der Waals surface area contributed by atoms with E-state index in [4.69, 9.17) is 9.47 Å². The summed E-state index contributed by atoms with van der Waals surface area (Å²) in [5, 5.41) is 12.1. The summed E-state index contributed by atoms with van der Waals surface area (Å²) >= 11 is 0. The summed E-state index contributed by atoms with van der Waals surface area (Å²) in [6, 6.07) is 16.3. The molecule has 3 aromatic rings. The van der Waals surface area contributed by atoms with E-state index in [1.807, 2.05) is 35.1 Å². The van der Waals surface area contributed by atoms with Gasteiger partial charge < -0.3 is 14.8 Å². The lowest BCUT2D eigenvalue weighted by Crippen LogP contribution is -2.40. The quantitative estimate of drug-likeness (QED) is 0.746. The molecule has 0 bridgehead atoms. The molecule has 138 valence electrons. The summed E-state index contributed by atoms with van der Waals surface area (Å²) in [5.74, 6) is 0. The monoisotopic (exact) mass is 363 g/mol. The third-order valence-electron chi connectivity index (χ3n) is 5.22. The summed E-state index contributed by atoms with van der Waals surface area (Å²) in [4.78, 5) is 4.33. The minimum absolute atomic E-state index is 0.0171. The van der Waals surface area contributed by atoms with E-state index >= 15 is 0 Å². The van der Waals surface area contributed by atoms with Crippen LogP contribution in [0.15, 0.2) is 60.9 Å². The van der Waals surface area contributed by atoms with Gasteiger partial charge in [0.25, 0.3) is 0 Å². The summed E-state index contributed by atoms with van der Waals surface area (Å²) < 4.78 is 14.0. The predicted octanol–water partition coefficient (Wildman–Crippen LogP) is 1.84. The smallest absolute Gasteiger partial charge is 0.131 e. The maximum atomic E-state index is 6.07. The van der Waals surface area contributed by atoms with Crippen molar-refractivity contribution in [3.63, 3.8) is 0 Å².